The molecule has 0 aliphatic rings. The molecule has 0 saturated heterocycles. The van der Waals surface area contributed by atoms with Crippen LogP contribution in [0.15, 0.2) is 12.1 Å². The molecule has 66 valence electrons. The second-order valence-corrected chi connectivity index (χ2v) is 2.98. The third kappa shape index (κ3) is 1.30. The van der Waals surface area contributed by atoms with Crippen LogP contribution in [-0.2, 0) is 0 Å². The Kier molecular flexibility index (Phi) is 1.62. The van der Waals surface area contributed by atoms with Crippen molar-refractivity contribution in [2.75, 3.05) is 5.73 Å². The Labute approximate surface area is 75.8 Å². The van der Waals surface area contributed by atoms with Crippen molar-refractivity contribution in [3.8, 4) is 0 Å². The molecule has 0 aliphatic carbocycles. The first kappa shape index (κ1) is 7.91. The van der Waals surface area contributed by atoms with E-state index in [4.69, 9.17) is 5.73 Å². The molecule has 4 heteroatoms. The second-order valence-electron chi connectivity index (χ2n) is 2.98. The molecule has 0 bridgehead atoms. The topological polar surface area (TPSA) is 64.7 Å². The highest BCUT2D eigenvalue weighted by Gasteiger charge is 2.03. The maximum absolute atomic E-state index is 5.71. The Morgan fingerprint density at radius 1 is 1.08 bits per heavy atom. The summed E-state index contributed by atoms with van der Waals surface area (Å²) in [5.41, 5.74) is 8.12. The number of aryl methyl sites for hydroxylation is 2. The third-order valence-electron chi connectivity index (χ3n) is 1.82. The van der Waals surface area contributed by atoms with Crippen molar-refractivity contribution in [3.63, 3.8) is 0 Å². The highest BCUT2D eigenvalue weighted by molar-refractivity contribution is 5.83. The van der Waals surface area contributed by atoms with Crippen LogP contribution in [0.4, 0.5) is 5.82 Å². The number of aromatic nitrogens is 3. The lowest BCUT2D eigenvalue weighted by atomic mass is 10.3. The van der Waals surface area contributed by atoms with Crippen molar-refractivity contribution in [2.24, 2.45) is 0 Å². The molecule has 2 aromatic heterocycles. The van der Waals surface area contributed by atoms with Gasteiger partial charge in [-0.1, -0.05) is 0 Å². The summed E-state index contributed by atoms with van der Waals surface area (Å²) < 4.78 is 0. The highest BCUT2D eigenvalue weighted by atomic mass is 15.0. The summed E-state index contributed by atoms with van der Waals surface area (Å²) in [6, 6.07) is 3.82. The van der Waals surface area contributed by atoms with E-state index in [2.05, 4.69) is 15.0 Å². The summed E-state index contributed by atoms with van der Waals surface area (Å²) in [6.07, 6.45) is 0. The Balaban J connectivity index is 2.87. The number of rotatable bonds is 0. The standard InChI is InChI=1S/C9H10N4/c1-5-3-4-7-8(11-5)9(10)13-6(2)12-7/h3-4H,1-2H3,(H2,10,12,13). The molecule has 0 unspecified atom stereocenters. The SMILES string of the molecule is Cc1ccc2nc(C)nc(N)c2n1. The zero-order chi connectivity index (χ0) is 9.42. The summed E-state index contributed by atoms with van der Waals surface area (Å²) in [7, 11) is 0. The number of nitrogens with two attached hydrogens (primary N) is 1. The van der Waals surface area contributed by atoms with Crippen LogP contribution in [0.25, 0.3) is 11.0 Å². The van der Waals surface area contributed by atoms with Crippen molar-refractivity contribution in [3.05, 3.63) is 23.7 Å². The predicted octanol–water partition coefficient (Wildman–Crippen LogP) is 1.22. The number of fused-ring (bicyclic) bond motifs is 1. The molecule has 4 nitrogen and oxygen atoms in total. The fourth-order valence-electron chi connectivity index (χ4n) is 1.25. The third-order valence-corrected chi connectivity index (χ3v) is 1.82. The molecule has 13 heavy (non-hydrogen) atoms. The molecule has 0 spiro atoms. The zero-order valence-corrected chi connectivity index (χ0v) is 7.57. The van der Waals surface area contributed by atoms with E-state index in [1.807, 2.05) is 26.0 Å². The number of hydrogen-bond donors (Lipinski definition) is 1. The van der Waals surface area contributed by atoms with Crippen molar-refractivity contribution in [2.45, 2.75) is 13.8 Å². The molecule has 0 aliphatic heterocycles. The minimum absolute atomic E-state index is 0.450. The highest BCUT2D eigenvalue weighted by Crippen LogP contribution is 2.14. The molecule has 0 atom stereocenters. The molecule has 2 heterocycles. The van der Waals surface area contributed by atoms with Gasteiger partial charge in [0.15, 0.2) is 5.82 Å². The van der Waals surface area contributed by atoms with E-state index in [1.54, 1.807) is 0 Å². The second kappa shape index (κ2) is 2.65. The average Bonchev–Trinajstić information content (AvgIpc) is 2.06. The first-order chi connectivity index (χ1) is 6.16. The molecule has 2 aromatic rings. The predicted molar refractivity (Wildman–Crippen MR) is 51.2 cm³/mol. The number of nitrogens with zero attached hydrogens (tertiary/aromatic N) is 3. The van der Waals surface area contributed by atoms with Crippen LogP contribution in [0.3, 0.4) is 0 Å². The van der Waals surface area contributed by atoms with Gasteiger partial charge in [-0.05, 0) is 26.0 Å². The molecule has 0 amide bonds. The maximum atomic E-state index is 5.71. The fourth-order valence-corrected chi connectivity index (χ4v) is 1.25. The van der Waals surface area contributed by atoms with E-state index in [-0.39, 0.29) is 0 Å². The molecule has 2 N–H and O–H groups in total. The van der Waals surface area contributed by atoms with Crippen LogP contribution >= 0.6 is 0 Å². The number of pyridine rings is 1. The van der Waals surface area contributed by atoms with E-state index in [1.165, 1.54) is 0 Å². The minimum atomic E-state index is 0.450. The van der Waals surface area contributed by atoms with Gasteiger partial charge < -0.3 is 5.73 Å². The lowest BCUT2D eigenvalue weighted by molar-refractivity contribution is 1.08. The zero-order valence-electron chi connectivity index (χ0n) is 7.57. The monoisotopic (exact) mass is 174 g/mol. The summed E-state index contributed by atoms with van der Waals surface area (Å²) in [6.45, 7) is 3.73. The smallest absolute Gasteiger partial charge is 0.153 e. The lowest BCUT2D eigenvalue weighted by Gasteiger charge is -2.01. The molecule has 0 fully saturated rings. The van der Waals surface area contributed by atoms with Crippen molar-refractivity contribution < 1.29 is 0 Å². The van der Waals surface area contributed by atoms with Crippen molar-refractivity contribution in [1.82, 2.24) is 15.0 Å². The summed E-state index contributed by atoms with van der Waals surface area (Å²) in [5, 5.41) is 0. The van der Waals surface area contributed by atoms with E-state index in [9.17, 15) is 0 Å². The Hall–Kier alpha value is -1.71. The first-order valence-corrected chi connectivity index (χ1v) is 4.04. The first-order valence-electron chi connectivity index (χ1n) is 4.04. The van der Waals surface area contributed by atoms with Crippen molar-refractivity contribution >= 4 is 16.9 Å². The molecule has 0 aromatic carbocycles. The number of hydrogen-bond acceptors (Lipinski definition) is 4. The van der Waals surface area contributed by atoms with Crippen LogP contribution in [0.1, 0.15) is 11.5 Å². The van der Waals surface area contributed by atoms with Crippen LogP contribution in [0.2, 0.25) is 0 Å². The van der Waals surface area contributed by atoms with Crippen LogP contribution in [0, 0.1) is 13.8 Å². The fraction of sp³-hybridized carbons (Fsp3) is 0.222. The van der Waals surface area contributed by atoms with Gasteiger partial charge in [-0.3, -0.25) is 0 Å². The molecule has 0 radical (unpaired) electrons. The van der Waals surface area contributed by atoms with Gasteiger partial charge in [-0.25, -0.2) is 15.0 Å². The van der Waals surface area contributed by atoms with Crippen LogP contribution in [0.5, 0.6) is 0 Å². The summed E-state index contributed by atoms with van der Waals surface area (Å²) in [4.78, 5) is 12.5. The van der Waals surface area contributed by atoms with Gasteiger partial charge in [0, 0.05) is 5.69 Å². The lowest BCUT2D eigenvalue weighted by Crippen LogP contribution is -1.99. The largest absolute Gasteiger partial charge is 0.382 e. The Bertz CT molecular complexity index is 464. The van der Waals surface area contributed by atoms with Crippen LogP contribution < -0.4 is 5.73 Å². The van der Waals surface area contributed by atoms with Gasteiger partial charge in [0.1, 0.15) is 11.3 Å². The van der Waals surface area contributed by atoms with Crippen molar-refractivity contribution in [1.29, 1.82) is 0 Å². The maximum Gasteiger partial charge on any atom is 0.153 e. The van der Waals surface area contributed by atoms with E-state index in [0.717, 1.165) is 11.2 Å². The minimum Gasteiger partial charge on any atom is -0.382 e. The molecular weight excluding hydrogens is 164 g/mol. The van der Waals surface area contributed by atoms with Gasteiger partial charge >= 0.3 is 0 Å². The quantitative estimate of drug-likeness (QED) is 0.652. The van der Waals surface area contributed by atoms with Crippen LogP contribution in [-0.4, -0.2) is 15.0 Å². The van der Waals surface area contributed by atoms with Gasteiger partial charge in [0.25, 0.3) is 0 Å². The van der Waals surface area contributed by atoms with E-state index >= 15 is 0 Å². The van der Waals surface area contributed by atoms with Gasteiger partial charge in [-0.15, -0.1) is 0 Å². The van der Waals surface area contributed by atoms with E-state index < -0.39 is 0 Å². The van der Waals surface area contributed by atoms with Gasteiger partial charge in [0.05, 0.1) is 5.52 Å². The average molecular weight is 174 g/mol. The molecule has 0 saturated carbocycles. The molecular formula is C9H10N4. The Morgan fingerprint density at radius 3 is 2.62 bits per heavy atom. The number of nitrogen functional groups attached to an aromatic ring is 1. The number of anilines is 1. The Morgan fingerprint density at radius 2 is 1.85 bits per heavy atom. The summed E-state index contributed by atoms with van der Waals surface area (Å²) >= 11 is 0. The summed E-state index contributed by atoms with van der Waals surface area (Å²) in [5.74, 6) is 1.13. The van der Waals surface area contributed by atoms with E-state index in [0.29, 0.717) is 17.2 Å². The molecule has 2 rings (SSSR count). The van der Waals surface area contributed by atoms with Gasteiger partial charge in [-0.2, -0.15) is 0 Å². The normalized spacial score (nSPS) is 10.6. The van der Waals surface area contributed by atoms with Gasteiger partial charge in [0.2, 0.25) is 0 Å².